The fourth-order valence-electron chi connectivity index (χ4n) is 2.41. The van der Waals surface area contributed by atoms with Crippen molar-refractivity contribution in [3.8, 4) is 16.9 Å². The van der Waals surface area contributed by atoms with E-state index in [-0.39, 0.29) is 0 Å². The maximum atomic E-state index is 11.9. The maximum absolute atomic E-state index is 11.9. The average Bonchev–Trinajstić information content (AvgIpc) is 2.99. The van der Waals surface area contributed by atoms with Gasteiger partial charge in [0.2, 0.25) is 0 Å². The Morgan fingerprint density at radius 2 is 1.77 bits per heavy atom. The molecule has 0 unspecified atom stereocenters. The number of hydrogen-bond acceptors (Lipinski definition) is 3. The molecule has 0 fully saturated rings. The van der Waals surface area contributed by atoms with Crippen LogP contribution in [0.4, 0.5) is 5.82 Å². The summed E-state index contributed by atoms with van der Waals surface area (Å²) >= 11 is 9.40. The van der Waals surface area contributed by atoms with Gasteiger partial charge in [0, 0.05) is 29.2 Å². The topological polar surface area (TPSA) is 50.5 Å². The fourth-order valence-corrected chi connectivity index (χ4v) is 2.80. The molecule has 2 aromatic carbocycles. The summed E-state index contributed by atoms with van der Waals surface area (Å²) in [6.07, 6.45) is 2.43. The van der Waals surface area contributed by atoms with Crippen molar-refractivity contribution in [3.63, 3.8) is 0 Å². The second kappa shape index (κ2) is 7.85. The molecule has 0 amide bonds. The third-order valence-electron chi connectivity index (χ3n) is 3.61. The molecule has 0 N–H and O–H groups in total. The molecule has 0 spiro atoms. The van der Waals surface area contributed by atoms with Crippen LogP contribution in [-0.4, -0.2) is 41.4 Å². The Labute approximate surface area is 165 Å². The van der Waals surface area contributed by atoms with Gasteiger partial charge in [0.25, 0.3) is 0 Å². The van der Waals surface area contributed by atoms with Crippen LogP contribution in [0, 0.1) is 0 Å². The van der Waals surface area contributed by atoms with E-state index in [9.17, 15) is 4.79 Å². The van der Waals surface area contributed by atoms with Crippen LogP contribution in [0.2, 0.25) is 5.02 Å². The summed E-state index contributed by atoms with van der Waals surface area (Å²) in [6.45, 7) is 0. The van der Waals surface area contributed by atoms with Gasteiger partial charge in [0.1, 0.15) is 5.69 Å². The molecule has 5 nitrogen and oxygen atoms in total. The Bertz CT molecular complexity index is 947. The van der Waals surface area contributed by atoms with E-state index in [1.807, 2.05) is 50.5 Å². The van der Waals surface area contributed by atoms with Crippen LogP contribution < -0.4 is 0 Å². The molecule has 1 aromatic heterocycles. The molecule has 7 heteroatoms. The molecular formula is C19H16BrClN4O. The van der Waals surface area contributed by atoms with Crippen LogP contribution in [0.5, 0.6) is 0 Å². The number of aldehydes is 1. The van der Waals surface area contributed by atoms with Crippen LogP contribution in [0.3, 0.4) is 0 Å². The second-order valence-corrected chi connectivity index (χ2v) is 7.16. The molecule has 0 bridgehead atoms. The lowest BCUT2D eigenvalue weighted by Crippen LogP contribution is -2.07. The fraction of sp³-hybridized carbons (Fsp3) is 0.105. The Kier molecular flexibility index (Phi) is 5.54. The van der Waals surface area contributed by atoms with Gasteiger partial charge in [0.05, 0.1) is 17.6 Å². The zero-order valence-electron chi connectivity index (χ0n) is 14.2. The standard InChI is InChI=1S/C19H16BrClN4O/c1-24(2)12-22-19-17(11-26)18(13-3-7-15(21)8-4-13)23-25(19)16-9-5-14(20)6-10-16/h3-12H,1-2H3/b22-12+. The highest BCUT2D eigenvalue weighted by Gasteiger charge is 2.19. The summed E-state index contributed by atoms with van der Waals surface area (Å²) in [5.41, 5.74) is 2.59. The first-order valence-corrected chi connectivity index (χ1v) is 8.97. The van der Waals surface area contributed by atoms with Crippen LogP contribution >= 0.6 is 27.5 Å². The average molecular weight is 432 g/mol. The number of halogens is 2. The zero-order valence-corrected chi connectivity index (χ0v) is 16.6. The molecule has 0 aliphatic carbocycles. The van der Waals surface area contributed by atoms with Crippen molar-refractivity contribution in [2.75, 3.05) is 14.1 Å². The SMILES string of the molecule is CN(C)/C=N/c1c(C=O)c(-c2ccc(Cl)cc2)nn1-c1ccc(Br)cc1. The molecule has 0 aliphatic heterocycles. The molecule has 0 saturated heterocycles. The van der Waals surface area contributed by atoms with Crippen molar-refractivity contribution >= 4 is 46.0 Å². The zero-order chi connectivity index (χ0) is 18.7. The quantitative estimate of drug-likeness (QED) is 0.325. The number of aliphatic imine (C=N–C) groups is 1. The predicted molar refractivity (Wildman–Crippen MR) is 109 cm³/mol. The van der Waals surface area contributed by atoms with E-state index in [1.165, 1.54) is 0 Å². The van der Waals surface area contributed by atoms with E-state index in [1.54, 1.807) is 28.1 Å². The third-order valence-corrected chi connectivity index (χ3v) is 4.39. The van der Waals surface area contributed by atoms with Crippen LogP contribution in [0.1, 0.15) is 10.4 Å². The largest absolute Gasteiger partial charge is 0.369 e. The molecule has 0 radical (unpaired) electrons. The normalized spacial score (nSPS) is 11.1. The van der Waals surface area contributed by atoms with Gasteiger partial charge in [-0.05, 0) is 36.4 Å². The molecule has 0 saturated carbocycles. The van der Waals surface area contributed by atoms with Gasteiger partial charge in [-0.1, -0.05) is 39.7 Å². The molecule has 0 atom stereocenters. The van der Waals surface area contributed by atoms with E-state index in [2.05, 4.69) is 26.0 Å². The summed E-state index contributed by atoms with van der Waals surface area (Å²) in [4.78, 5) is 18.1. The second-order valence-electron chi connectivity index (χ2n) is 5.81. The number of nitrogens with zero attached hydrogens (tertiary/aromatic N) is 4. The monoisotopic (exact) mass is 430 g/mol. The molecule has 3 rings (SSSR count). The van der Waals surface area contributed by atoms with Crippen molar-refractivity contribution in [2.24, 2.45) is 4.99 Å². The summed E-state index contributed by atoms with van der Waals surface area (Å²) in [6, 6.07) is 14.9. The minimum atomic E-state index is 0.424. The van der Waals surface area contributed by atoms with Gasteiger partial charge >= 0.3 is 0 Å². The van der Waals surface area contributed by atoms with Crippen molar-refractivity contribution in [2.45, 2.75) is 0 Å². The lowest BCUT2D eigenvalue weighted by atomic mass is 10.1. The lowest BCUT2D eigenvalue weighted by molar-refractivity contribution is 0.112. The van der Waals surface area contributed by atoms with Gasteiger partial charge in [-0.3, -0.25) is 4.79 Å². The van der Waals surface area contributed by atoms with E-state index in [0.717, 1.165) is 22.0 Å². The van der Waals surface area contributed by atoms with Gasteiger partial charge in [-0.25, -0.2) is 9.67 Å². The van der Waals surface area contributed by atoms with Gasteiger partial charge in [-0.2, -0.15) is 5.10 Å². The lowest BCUT2D eigenvalue weighted by Gasteiger charge is -2.06. The first kappa shape index (κ1) is 18.4. The summed E-state index contributed by atoms with van der Waals surface area (Å²) in [7, 11) is 3.73. The predicted octanol–water partition coefficient (Wildman–Crippen LogP) is 4.99. The Morgan fingerprint density at radius 3 is 2.35 bits per heavy atom. The molecule has 3 aromatic rings. The summed E-state index contributed by atoms with van der Waals surface area (Å²) in [5.74, 6) is 0.473. The minimum Gasteiger partial charge on any atom is -0.369 e. The maximum Gasteiger partial charge on any atom is 0.168 e. The highest BCUT2D eigenvalue weighted by molar-refractivity contribution is 9.10. The van der Waals surface area contributed by atoms with E-state index < -0.39 is 0 Å². The molecule has 1 heterocycles. The number of carbonyl (C=O) groups excluding carboxylic acids is 1. The Hall–Kier alpha value is -2.44. The highest BCUT2D eigenvalue weighted by atomic mass is 79.9. The number of hydrogen-bond donors (Lipinski definition) is 0. The number of benzene rings is 2. The van der Waals surface area contributed by atoms with Crippen LogP contribution in [-0.2, 0) is 0 Å². The molecular weight excluding hydrogens is 416 g/mol. The van der Waals surface area contributed by atoms with E-state index >= 15 is 0 Å². The van der Waals surface area contributed by atoms with Gasteiger partial charge in [-0.15, -0.1) is 0 Å². The Balaban J connectivity index is 2.23. The van der Waals surface area contributed by atoms with Gasteiger partial charge < -0.3 is 4.90 Å². The smallest absolute Gasteiger partial charge is 0.168 e. The summed E-state index contributed by atoms with van der Waals surface area (Å²) < 4.78 is 2.63. The van der Waals surface area contributed by atoms with E-state index in [0.29, 0.717) is 22.1 Å². The summed E-state index contributed by atoms with van der Waals surface area (Å²) in [5, 5.41) is 5.28. The van der Waals surface area contributed by atoms with Crippen molar-refractivity contribution in [1.82, 2.24) is 14.7 Å². The first-order valence-electron chi connectivity index (χ1n) is 7.80. The van der Waals surface area contributed by atoms with Gasteiger partial charge in [0.15, 0.2) is 12.1 Å². The van der Waals surface area contributed by atoms with Crippen molar-refractivity contribution in [3.05, 3.63) is 63.6 Å². The molecule has 0 aliphatic rings. The third kappa shape index (κ3) is 3.86. The van der Waals surface area contributed by atoms with Crippen molar-refractivity contribution < 1.29 is 4.79 Å². The van der Waals surface area contributed by atoms with E-state index in [4.69, 9.17) is 11.6 Å². The highest BCUT2D eigenvalue weighted by Crippen LogP contribution is 2.32. The van der Waals surface area contributed by atoms with Crippen LogP contribution in [0.15, 0.2) is 58.0 Å². The van der Waals surface area contributed by atoms with Crippen molar-refractivity contribution in [1.29, 1.82) is 0 Å². The molecule has 26 heavy (non-hydrogen) atoms. The number of carbonyl (C=O) groups is 1. The molecule has 132 valence electrons. The van der Waals surface area contributed by atoms with Crippen LogP contribution in [0.25, 0.3) is 16.9 Å². The minimum absolute atomic E-state index is 0.424. The number of rotatable bonds is 5. The first-order chi connectivity index (χ1) is 12.5. The Morgan fingerprint density at radius 1 is 1.12 bits per heavy atom. The number of aromatic nitrogens is 2.